The van der Waals surface area contributed by atoms with Crippen LogP contribution in [0.3, 0.4) is 0 Å². The van der Waals surface area contributed by atoms with E-state index in [1.54, 1.807) is 17.8 Å². The third-order valence-corrected chi connectivity index (χ3v) is 2.45. The van der Waals surface area contributed by atoms with Crippen molar-refractivity contribution in [3.05, 3.63) is 24.0 Å². The van der Waals surface area contributed by atoms with Crippen molar-refractivity contribution >= 4 is 11.8 Å². The topological polar surface area (TPSA) is 9.23 Å². The fourth-order valence-corrected chi connectivity index (χ4v) is 1.77. The minimum Gasteiger partial charge on any atom is -0.488 e. The van der Waals surface area contributed by atoms with Gasteiger partial charge in [0.1, 0.15) is 0 Å². The lowest BCUT2D eigenvalue weighted by atomic mass is 10.3. The lowest BCUT2D eigenvalue weighted by molar-refractivity contribution is 0.231. The van der Waals surface area contributed by atoms with Crippen LogP contribution in [0.15, 0.2) is 23.1 Å². The second-order valence-corrected chi connectivity index (χ2v) is 4.53. The minimum atomic E-state index is -0.280. The Labute approximate surface area is 88.7 Å². The zero-order chi connectivity index (χ0) is 10.6. The minimum absolute atomic E-state index is 0.00850. The molecule has 1 rings (SSSR count). The lowest BCUT2D eigenvalue weighted by Crippen LogP contribution is -2.06. The Morgan fingerprint density at radius 2 is 2.14 bits per heavy atom. The molecule has 0 amide bonds. The van der Waals surface area contributed by atoms with Crippen LogP contribution in [-0.4, -0.2) is 11.9 Å². The van der Waals surface area contributed by atoms with Gasteiger partial charge < -0.3 is 4.74 Å². The van der Waals surface area contributed by atoms with Crippen molar-refractivity contribution < 1.29 is 9.13 Å². The highest BCUT2D eigenvalue weighted by Gasteiger charge is 2.06. The lowest BCUT2D eigenvalue weighted by Gasteiger charge is -2.10. The summed E-state index contributed by atoms with van der Waals surface area (Å²) in [5, 5.41) is 0. The number of hydrogen-bond acceptors (Lipinski definition) is 2. The summed E-state index contributed by atoms with van der Waals surface area (Å²) in [5.41, 5.74) is 0. The third-order valence-electron chi connectivity index (χ3n) is 1.58. The SMILES string of the molecule is CCSc1ccc(OC(C)C)c(F)c1. The summed E-state index contributed by atoms with van der Waals surface area (Å²) in [7, 11) is 0. The number of benzene rings is 1. The number of rotatable bonds is 4. The molecule has 14 heavy (non-hydrogen) atoms. The van der Waals surface area contributed by atoms with Gasteiger partial charge in [-0.05, 0) is 37.8 Å². The molecule has 0 saturated heterocycles. The van der Waals surface area contributed by atoms with Crippen LogP contribution < -0.4 is 4.74 Å². The van der Waals surface area contributed by atoms with Crippen LogP contribution in [0.25, 0.3) is 0 Å². The van der Waals surface area contributed by atoms with Gasteiger partial charge in [0.2, 0.25) is 0 Å². The molecule has 0 atom stereocenters. The Hall–Kier alpha value is -0.700. The molecule has 0 bridgehead atoms. The van der Waals surface area contributed by atoms with Crippen LogP contribution in [0.4, 0.5) is 4.39 Å². The van der Waals surface area contributed by atoms with Gasteiger partial charge in [0.15, 0.2) is 11.6 Å². The first-order valence-electron chi connectivity index (χ1n) is 4.72. The predicted molar refractivity (Wildman–Crippen MR) is 58.6 cm³/mol. The zero-order valence-electron chi connectivity index (χ0n) is 8.71. The fraction of sp³-hybridized carbons (Fsp3) is 0.455. The number of thioether (sulfide) groups is 1. The largest absolute Gasteiger partial charge is 0.488 e. The molecule has 1 aromatic carbocycles. The summed E-state index contributed by atoms with van der Waals surface area (Å²) in [6.45, 7) is 5.81. The molecule has 0 aromatic heterocycles. The van der Waals surface area contributed by atoms with E-state index in [0.29, 0.717) is 5.75 Å². The number of hydrogen-bond donors (Lipinski definition) is 0. The summed E-state index contributed by atoms with van der Waals surface area (Å²) in [6.07, 6.45) is 0.00850. The quantitative estimate of drug-likeness (QED) is 0.706. The van der Waals surface area contributed by atoms with Crippen molar-refractivity contribution in [3.8, 4) is 5.75 Å². The molecule has 0 saturated carbocycles. The van der Waals surface area contributed by atoms with Crippen molar-refractivity contribution in [2.75, 3.05) is 5.75 Å². The first kappa shape index (κ1) is 11.4. The first-order valence-corrected chi connectivity index (χ1v) is 5.71. The van der Waals surface area contributed by atoms with Crippen LogP contribution >= 0.6 is 11.8 Å². The highest BCUT2D eigenvalue weighted by Crippen LogP contribution is 2.25. The van der Waals surface area contributed by atoms with E-state index in [9.17, 15) is 4.39 Å². The molecule has 0 aliphatic rings. The molecule has 3 heteroatoms. The summed E-state index contributed by atoms with van der Waals surface area (Å²) in [5.74, 6) is 1.00. The van der Waals surface area contributed by atoms with Gasteiger partial charge in [-0.15, -0.1) is 11.8 Å². The van der Waals surface area contributed by atoms with Crippen molar-refractivity contribution in [2.45, 2.75) is 31.8 Å². The van der Waals surface area contributed by atoms with E-state index in [4.69, 9.17) is 4.74 Å². The highest BCUT2D eigenvalue weighted by atomic mass is 32.2. The van der Waals surface area contributed by atoms with Crippen LogP contribution in [0, 0.1) is 5.82 Å². The molecule has 0 heterocycles. The molecule has 78 valence electrons. The number of ether oxygens (including phenoxy) is 1. The van der Waals surface area contributed by atoms with Gasteiger partial charge in [0.25, 0.3) is 0 Å². The van der Waals surface area contributed by atoms with E-state index in [2.05, 4.69) is 0 Å². The summed E-state index contributed by atoms with van der Waals surface area (Å²) < 4.78 is 18.7. The van der Waals surface area contributed by atoms with Gasteiger partial charge in [0.05, 0.1) is 6.10 Å². The fourth-order valence-electron chi connectivity index (χ4n) is 1.09. The molecule has 0 N–H and O–H groups in total. The van der Waals surface area contributed by atoms with Crippen molar-refractivity contribution in [3.63, 3.8) is 0 Å². The zero-order valence-corrected chi connectivity index (χ0v) is 9.53. The second kappa shape index (κ2) is 5.25. The van der Waals surface area contributed by atoms with Crippen LogP contribution in [0.1, 0.15) is 20.8 Å². The maximum Gasteiger partial charge on any atom is 0.166 e. The van der Waals surface area contributed by atoms with Crippen LogP contribution in [0.5, 0.6) is 5.75 Å². The Morgan fingerprint density at radius 3 is 2.64 bits per heavy atom. The molecule has 0 spiro atoms. The average Bonchev–Trinajstić information content (AvgIpc) is 2.10. The third kappa shape index (κ3) is 3.22. The molecule has 0 aliphatic carbocycles. The Morgan fingerprint density at radius 1 is 1.43 bits per heavy atom. The Kier molecular flexibility index (Phi) is 4.26. The van der Waals surface area contributed by atoms with Crippen molar-refractivity contribution in [1.82, 2.24) is 0 Å². The van der Waals surface area contributed by atoms with Crippen LogP contribution in [-0.2, 0) is 0 Å². The molecule has 1 nitrogen and oxygen atoms in total. The predicted octanol–water partition coefficient (Wildman–Crippen LogP) is 3.72. The molecular formula is C11H15FOS. The highest BCUT2D eigenvalue weighted by molar-refractivity contribution is 7.99. The van der Waals surface area contributed by atoms with Gasteiger partial charge >= 0.3 is 0 Å². The van der Waals surface area contributed by atoms with Gasteiger partial charge in [-0.3, -0.25) is 0 Å². The summed E-state index contributed by atoms with van der Waals surface area (Å²) >= 11 is 1.62. The maximum atomic E-state index is 13.4. The number of halogens is 1. The monoisotopic (exact) mass is 214 g/mol. The Balaban J connectivity index is 2.79. The van der Waals surface area contributed by atoms with E-state index in [-0.39, 0.29) is 11.9 Å². The van der Waals surface area contributed by atoms with Gasteiger partial charge in [0, 0.05) is 4.90 Å². The maximum absolute atomic E-state index is 13.4. The van der Waals surface area contributed by atoms with Crippen molar-refractivity contribution in [1.29, 1.82) is 0 Å². The molecule has 0 unspecified atom stereocenters. The van der Waals surface area contributed by atoms with Gasteiger partial charge in [-0.1, -0.05) is 6.92 Å². The summed E-state index contributed by atoms with van der Waals surface area (Å²) in [4.78, 5) is 0.945. The Bertz CT molecular complexity index is 299. The molecule has 1 aromatic rings. The molecule has 0 aliphatic heterocycles. The van der Waals surface area contributed by atoms with E-state index in [1.165, 1.54) is 6.07 Å². The van der Waals surface area contributed by atoms with Gasteiger partial charge in [-0.2, -0.15) is 0 Å². The second-order valence-electron chi connectivity index (χ2n) is 3.19. The standard InChI is InChI=1S/C11H15FOS/c1-4-14-9-5-6-11(10(12)7-9)13-8(2)3/h5-8H,4H2,1-3H3. The van der Waals surface area contributed by atoms with E-state index < -0.39 is 0 Å². The average molecular weight is 214 g/mol. The van der Waals surface area contributed by atoms with E-state index >= 15 is 0 Å². The first-order chi connectivity index (χ1) is 6.63. The molecular weight excluding hydrogens is 199 g/mol. The molecule has 0 fully saturated rings. The van der Waals surface area contributed by atoms with E-state index in [1.807, 2.05) is 26.8 Å². The smallest absolute Gasteiger partial charge is 0.166 e. The van der Waals surface area contributed by atoms with Gasteiger partial charge in [-0.25, -0.2) is 4.39 Å². The van der Waals surface area contributed by atoms with Crippen LogP contribution in [0.2, 0.25) is 0 Å². The summed E-state index contributed by atoms with van der Waals surface area (Å²) in [6, 6.07) is 5.09. The van der Waals surface area contributed by atoms with Crippen molar-refractivity contribution in [2.24, 2.45) is 0 Å². The molecule has 0 radical (unpaired) electrons. The normalized spacial score (nSPS) is 10.6. The van der Waals surface area contributed by atoms with E-state index in [0.717, 1.165) is 10.6 Å².